The normalized spacial score (nSPS) is 13.4. The van der Waals surface area contributed by atoms with Gasteiger partial charge in [-0.05, 0) is 30.0 Å². The fraction of sp³-hybridized carbons (Fsp3) is 0.438. The molecule has 1 amide bonds. The SMILES string of the molecule is CC(C)(C)C(CCO)NC(=O)/C=C/c1c(F)cccc1F. The van der Waals surface area contributed by atoms with E-state index in [1.807, 2.05) is 20.8 Å². The molecular formula is C16H21F2NO2. The predicted octanol–water partition coefficient (Wildman–Crippen LogP) is 2.89. The smallest absolute Gasteiger partial charge is 0.244 e. The van der Waals surface area contributed by atoms with Crippen LogP contribution >= 0.6 is 0 Å². The number of aliphatic hydroxyl groups is 1. The average Bonchev–Trinajstić information content (AvgIpc) is 2.36. The molecule has 1 aromatic rings. The van der Waals surface area contributed by atoms with Crippen molar-refractivity contribution in [3.8, 4) is 0 Å². The fourth-order valence-electron chi connectivity index (χ4n) is 1.90. The number of amides is 1. The van der Waals surface area contributed by atoms with Gasteiger partial charge in [-0.2, -0.15) is 0 Å². The molecule has 0 aliphatic carbocycles. The van der Waals surface area contributed by atoms with Gasteiger partial charge >= 0.3 is 0 Å². The third kappa shape index (κ3) is 5.27. The van der Waals surface area contributed by atoms with Gasteiger partial charge in [0.1, 0.15) is 11.6 Å². The number of halogens is 2. The second-order valence-corrected chi connectivity index (χ2v) is 5.91. The van der Waals surface area contributed by atoms with E-state index in [0.717, 1.165) is 24.3 Å². The highest BCUT2D eigenvalue weighted by Crippen LogP contribution is 2.21. The van der Waals surface area contributed by atoms with Crippen molar-refractivity contribution in [3.05, 3.63) is 41.5 Å². The highest BCUT2D eigenvalue weighted by Gasteiger charge is 2.24. The number of hydrogen-bond acceptors (Lipinski definition) is 2. The molecule has 0 radical (unpaired) electrons. The van der Waals surface area contributed by atoms with Crippen molar-refractivity contribution in [1.82, 2.24) is 5.32 Å². The van der Waals surface area contributed by atoms with Gasteiger partial charge in [0.05, 0.1) is 0 Å². The van der Waals surface area contributed by atoms with Crippen LogP contribution in [0.5, 0.6) is 0 Å². The number of rotatable bonds is 5. The number of carbonyl (C=O) groups excluding carboxylic acids is 1. The fourth-order valence-corrected chi connectivity index (χ4v) is 1.90. The zero-order chi connectivity index (χ0) is 16.0. The average molecular weight is 297 g/mol. The summed E-state index contributed by atoms with van der Waals surface area (Å²) < 4.78 is 26.8. The molecule has 0 heterocycles. The molecule has 21 heavy (non-hydrogen) atoms. The summed E-state index contributed by atoms with van der Waals surface area (Å²) in [7, 11) is 0. The predicted molar refractivity (Wildman–Crippen MR) is 78.5 cm³/mol. The number of aliphatic hydroxyl groups excluding tert-OH is 1. The molecule has 116 valence electrons. The highest BCUT2D eigenvalue weighted by molar-refractivity contribution is 5.92. The Morgan fingerprint density at radius 3 is 2.38 bits per heavy atom. The van der Waals surface area contributed by atoms with Crippen molar-refractivity contribution in [1.29, 1.82) is 0 Å². The van der Waals surface area contributed by atoms with Crippen molar-refractivity contribution in [3.63, 3.8) is 0 Å². The zero-order valence-electron chi connectivity index (χ0n) is 12.5. The molecule has 5 heteroatoms. The molecule has 0 saturated heterocycles. The van der Waals surface area contributed by atoms with Gasteiger partial charge in [0.25, 0.3) is 0 Å². The van der Waals surface area contributed by atoms with Gasteiger partial charge in [-0.25, -0.2) is 8.78 Å². The van der Waals surface area contributed by atoms with Crippen molar-refractivity contribution in [2.45, 2.75) is 33.2 Å². The summed E-state index contributed by atoms with van der Waals surface area (Å²) in [5, 5.41) is 11.8. The highest BCUT2D eigenvalue weighted by atomic mass is 19.1. The Labute approximate surface area is 123 Å². The molecule has 0 bridgehead atoms. The van der Waals surface area contributed by atoms with Crippen LogP contribution in [0.4, 0.5) is 8.78 Å². The van der Waals surface area contributed by atoms with Gasteiger partial charge in [-0.15, -0.1) is 0 Å². The van der Waals surface area contributed by atoms with Crippen LogP contribution in [0.15, 0.2) is 24.3 Å². The van der Waals surface area contributed by atoms with Gasteiger partial charge in [0.15, 0.2) is 0 Å². The van der Waals surface area contributed by atoms with Crippen LogP contribution in [0, 0.1) is 17.0 Å². The molecule has 0 aliphatic rings. The van der Waals surface area contributed by atoms with Crippen molar-refractivity contribution < 1.29 is 18.7 Å². The Morgan fingerprint density at radius 2 is 1.90 bits per heavy atom. The molecule has 0 fully saturated rings. The third-order valence-corrected chi connectivity index (χ3v) is 3.18. The van der Waals surface area contributed by atoms with E-state index in [2.05, 4.69) is 5.32 Å². The summed E-state index contributed by atoms with van der Waals surface area (Å²) in [4.78, 5) is 11.8. The maximum atomic E-state index is 13.4. The summed E-state index contributed by atoms with van der Waals surface area (Å²) in [5.74, 6) is -1.89. The van der Waals surface area contributed by atoms with E-state index in [1.54, 1.807) is 0 Å². The summed E-state index contributed by atoms with van der Waals surface area (Å²) in [5.41, 5.74) is -0.475. The maximum absolute atomic E-state index is 13.4. The molecule has 1 atom stereocenters. The van der Waals surface area contributed by atoms with E-state index in [4.69, 9.17) is 5.11 Å². The Balaban J connectivity index is 2.79. The van der Waals surface area contributed by atoms with E-state index in [9.17, 15) is 13.6 Å². The molecule has 2 N–H and O–H groups in total. The molecule has 0 saturated carbocycles. The summed E-state index contributed by atoms with van der Waals surface area (Å²) in [6.45, 7) is 5.77. The minimum Gasteiger partial charge on any atom is -0.396 e. The second-order valence-electron chi connectivity index (χ2n) is 5.91. The number of benzene rings is 1. The van der Waals surface area contributed by atoms with E-state index in [0.29, 0.717) is 6.42 Å². The van der Waals surface area contributed by atoms with E-state index in [1.165, 1.54) is 6.07 Å². The van der Waals surface area contributed by atoms with Crippen LogP contribution < -0.4 is 5.32 Å². The number of hydrogen-bond donors (Lipinski definition) is 2. The quantitative estimate of drug-likeness (QED) is 0.821. The van der Waals surface area contributed by atoms with Crippen molar-refractivity contribution in [2.75, 3.05) is 6.61 Å². The molecule has 3 nitrogen and oxygen atoms in total. The van der Waals surface area contributed by atoms with Gasteiger partial charge in [-0.3, -0.25) is 4.79 Å². The monoisotopic (exact) mass is 297 g/mol. The first kappa shape index (κ1) is 17.3. The number of nitrogens with one attached hydrogen (secondary N) is 1. The van der Waals surface area contributed by atoms with Crippen LogP contribution in [0.1, 0.15) is 32.8 Å². The first-order valence-corrected chi connectivity index (χ1v) is 6.79. The lowest BCUT2D eigenvalue weighted by Gasteiger charge is -2.30. The van der Waals surface area contributed by atoms with E-state index >= 15 is 0 Å². The summed E-state index contributed by atoms with van der Waals surface area (Å²) in [6, 6.07) is 3.29. The third-order valence-electron chi connectivity index (χ3n) is 3.18. The summed E-state index contributed by atoms with van der Waals surface area (Å²) >= 11 is 0. The van der Waals surface area contributed by atoms with Crippen LogP contribution in [0.3, 0.4) is 0 Å². The summed E-state index contributed by atoms with van der Waals surface area (Å²) in [6.07, 6.45) is 2.62. The Hall–Kier alpha value is -1.75. The van der Waals surface area contributed by atoms with E-state index in [-0.39, 0.29) is 23.6 Å². The van der Waals surface area contributed by atoms with Crippen LogP contribution in [0.2, 0.25) is 0 Å². The van der Waals surface area contributed by atoms with Gasteiger partial charge in [0, 0.05) is 24.3 Å². The maximum Gasteiger partial charge on any atom is 0.244 e. The van der Waals surface area contributed by atoms with Crippen molar-refractivity contribution in [2.24, 2.45) is 5.41 Å². The lowest BCUT2D eigenvalue weighted by molar-refractivity contribution is -0.118. The molecule has 0 aliphatic heterocycles. The molecular weight excluding hydrogens is 276 g/mol. The lowest BCUT2D eigenvalue weighted by Crippen LogP contribution is -2.43. The molecule has 0 spiro atoms. The van der Waals surface area contributed by atoms with Crippen LogP contribution in [-0.2, 0) is 4.79 Å². The standard InChI is InChI=1S/C16H21F2NO2/c1-16(2,3)14(9-10-20)19-15(21)8-7-11-12(17)5-4-6-13(11)18/h4-8,14,20H,9-10H2,1-3H3,(H,19,21)/b8-7+. The Bertz CT molecular complexity index is 501. The number of carbonyl (C=O) groups is 1. The topological polar surface area (TPSA) is 49.3 Å². The second kappa shape index (κ2) is 7.31. The lowest BCUT2D eigenvalue weighted by atomic mass is 9.85. The van der Waals surface area contributed by atoms with Gasteiger partial charge in [0.2, 0.25) is 5.91 Å². The molecule has 1 unspecified atom stereocenters. The zero-order valence-corrected chi connectivity index (χ0v) is 12.5. The van der Waals surface area contributed by atoms with Gasteiger partial charge < -0.3 is 10.4 Å². The Kier molecular flexibility index (Phi) is 6.03. The molecule has 1 rings (SSSR count). The first-order valence-electron chi connectivity index (χ1n) is 6.79. The first-order chi connectivity index (χ1) is 9.75. The van der Waals surface area contributed by atoms with Crippen LogP contribution in [-0.4, -0.2) is 23.7 Å². The van der Waals surface area contributed by atoms with Crippen LogP contribution in [0.25, 0.3) is 6.08 Å². The largest absolute Gasteiger partial charge is 0.396 e. The van der Waals surface area contributed by atoms with E-state index < -0.39 is 17.5 Å². The molecule has 1 aromatic carbocycles. The molecule has 0 aromatic heterocycles. The van der Waals surface area contributed by atoms with Gasteiger partial charge in [-0.1, -0.05) is 26.8 Å². The minimum absolute atomic E-state index is 0.0477. The minimum atomic E-state index is -0.721. The van der Waals surface area contributed by atoms with Crippen molar-refractivity contribution >= 4 is 12.0 Å². The Morgan fingerprint density at radius 1 is 1.33 bits per heavy atom.